The van der Waals surface area contributed by atoms with Crippen molar-refractivity contribution in [2.75, 3.05) is 11.9 Å². The van der Waals surface area contributed by atoms with E-state index in [4.69, 9.17) is 9.52 Å². The number of carboxylic acid groups (broad SMARTS) is 1. The average Bonchev–Trinajstić information content (AvgIpc) is 2.59. The maximum Gasteiger partial charge on any atom is 0.336 e. The molecule has 2 aromatic carbocycles. The molecule has 1 N–H and O–H groups in total. The third-order valence-electron chi connectivity index (χ3n) is 4.70. The number of rotatable bonds is 5. The molecule has 1 atom stereocenters. The minimum atomic E-state index is -0.849. The summed E-state index contributed by atoms with van der Waals surface area (Å²) in [6, 6.07) is 14.8. The smallest absolute Gasteiger partial charge is 0.336 e. The van der Waals surface area contributed by atoms with E-state index in [1.807, 2.05) is 62.2 Å². The molecule has 0 saturated carbocycles. The molecule has 0 spiro atoms. The molecular formula is C21H21NO4. The van der Waals surface area contributed by atoms with Crippen molar-refractivity contribution >= 4 is 22.6 Å². The predicted molar refractivity (Wildman–Crippen MR) is 103 cm³/mol. The van der Waals surface area contributed by atoms with E-state index in [2.05, 4.69) is 0 Å². The van der Waals surface area contributed by atoms with E-state index < -0.39 is 11.6 Å². The zero-order valence-electron chi connectivity index (χ0n) is 15.0. The highest BCUT2D eigenvalue weighted by Crippen LogP contribution is 2.32. The zero-order valence-corrected chi connectivity index (χ0v) is 15.0. The molecule has 3 rings (SSSR count). The SMILES string of the molecule is Cc1ccccc1-c1cc(=O)oc2cc(N(C)[C@@H](C)CC(=O)O)ccc12. The molecule has 3 aromatic rings. The van der Waals surface area contributed by atoms with Crippen LogP contribution in [0.15, 0.2) is 57.7 Å². The van der Waals surface area contributed by atoms with Crippen LogP contribution in [0, 0.1) is 6.92 Å². The third-order valence-corrected chi connectivity index (χ3v) is 4.70. The standard InChI is InChI=1S/C21H21NO4/c1-13-6-4-5-7-16(13)18-12-21(25)26-19-11-15(8-9-17(18)19)22(3)14(2)10-20(23)24/h4-9,11-12,14H,10H2,1-3H3,(H,23,24)/t14-/m0/s1. The van der Waals surface area contributed by atoms with Crippen LogP contribution in [0.1, 0.15) is 18.9 Å². The quantitative estimate of drug-likeness (QED) is 0.702. The summed E-state index contributed by atoms with van der Waals surface area (Å²) < 4.78 is 5.42. The first-order valence-electron chi connectivity index (χ1n) is 8.45. The van der Waals surface area contributed by atoms with Gasteiger partial charge in [-0.15, -0.1) is 0 Å². The van der Waals surface area contributed by atoms with Crippen LogP contribution >= 0.6 is 0 Å². The van der Waals surface area contributed by atoms with Gasteiger partial charge in [0.25, 0.3) is 0 Å². The van der Waals surface area contributed by atoms with Gasteiger partial charge in [0.2, 0.25) is 0 Å². The Hall–Kier alpha value is -3.08. The van der Waals surface area contributed by atoms with Crippen LogP contribution in [0.25, 0.3) is 22.1 Å². The summed E-state index contributed by atoms with van der Waals surface area (Å²) in [6.45, 7) is 3.85. The molecule has 5 nitrogen and oxygen atoms in total. The van der Waals surface area contributed by atoms with Crippen LogP contribution in [0.2, 0.25) is 0 Å². The first-order chi connectivity index (χ1) is 12.4. The molecule has 0 aliphatic carbocycles. The number of hydrogen-bond donors (Lipinski definition) is 1. The van der Waals surface area contributed by atoms with Crippen molar-refractivity contribution in [3.63, 3.8) is 0 Å². The van der Waals surface area contributed by atoms with Crippen LogP contribution in [0.3, 0.4) is 0 Å². The zero-order chi connectivity index (χ0) is 18.8. The molecule has 134 valence electrons. The summed E-state index contributed by atoms with van der Waals surface area (Å²) in [5, 5.41) is 9.84. The lowest BCUT2D eigenvalue weighted by Crippen LogP contribution is -2.30. The van der Waals surface area contributed by atoms with Crippen LogP contribution in [0.4, 0.5) is 5.69 Å². The Balaban J connectivity index is 2.11. The van der Waals surface area contributed by atoms with Crippen molar-refractivity contribution in [1.82, 2.24) is 0 Å². The first kappa shape index (κ1) is 17.7. The second kappa shape index (κ2) is 7.04. The Morgan fingerprint density at radius 1 is 1.15 bits per heavy atom. The highest BCUT2D eigenvalue weighted by Gasteiger charge is 2.16. The minimum absolute atomic E-state index is 0.0295. The van der Waals surface area contributed by atoms with Crippen molar-refractivity contribution in [3.8, 4) is 11.1 Å². The van der Waals surface area contributed by atoms with E-state index in [0.29, 0.717) is 5.58 Å². The van der Waals surface area contributed by atoms with E-state index >= 15 is 0 Å². The predicted octanol–water partition coefficient (Wildman–Crippen LogP) is 4.07. The van der Waals surface area contributed by atoms with Gasteiger partial charge in [-0.2, -0.15) is 0 Å². The number of carbonyl (C=O) groups is 1. The van der Waals surface area contributed by atoms with Gasteiger partial charge in [-0.1, -0.05) is 24.3 Å². The lowest BCUT2D eigenvalue weighted by atomic mass is 9.97. The number of fused-ring (bicyclic) bond motifs is 1. The third kappa shape index (κ3) is 3.47. The van der Waals surface area contributed by atoms with Gasteiger partial charge < -0.3 is 14.4 Å². The largest absolute Gasteiger partial charge is 0.481 e. The molecule has 0 aliphatic heterocycles. The number of aliphatic carboxylic acids is 1. The Kier molecular flexibility index (Phi) is 4.80. The van der Waals surface area contributed by atoms with Gasteiger partial charge in [-0.25, -0.2) is 4.79 Å². The first-order valence-corrected chi connectivity index (χ1v) is 8.45. The van der Waals surface area contributed by atoms with Crippen LogP contribution in [-0.4, -0.2) is 24.2 Å². The maximum atomic E-state index is 12.1. The summed E-state index contributed by atoms with van der Waals surface area (Å²) in [6.07, 6.45) is 0.0295. The summed E-state index contributed by atoms with van der Waals surface area (Å²) in [4.78, 5) is 24.9. The monoisotopic (exact) mass is 351 g/mol. The highest BCUT2D eigenvalue weighted by atomic mass is 16.4. The molecule has 1 aromatic heterocycles. The fourth-order valence-corrected chi connectivity index (χ4v) is 3.11. The number of aryl methyl sites for hydroxylation is 1. The van der Waals surface area contributed by atoms with Crippen LogP contribution in [-0.2, 0) is 4.79 Å². The summed E-state index contributed by atoms with van der Waals surface area (Å²) >= 11 is 0. The minimum Gasteiger partial charge on any atom is -0.481 e. The van der Waals surface area contributed by atoms with E-state index in [1.165, 1.54) is 6.07 Å². The molecule has 0 fully saturated rings. The Morgan fingerprint density at radius 3 is 2.58 bits per heavy atom. The molecule has 0 radical (unpaired) electrons. The average molecular weight is 351 g/mol. The molecule has 0 aliphatic rings. The van der Waals surface area contributed by atoms with Gasteiger partial charge in [-0.05, 0) is 37.1 Å². The van der Waals surface area contributed by atoms with E-state index in [9.17, 15) is 9.59 Å². The Morgan fingerprint density at radius 2 is 1.88 bits per heavy atom. The Bertz CT molecular complexity index is 1020. The number of anilines is 1. The number of benzene rings is 2. The fourth-order valence-electron chi connectivity index (χ4n) is 3.11. The van der Waals surface area contributed by atoms with Gasteiger partial charge in [0.05, 0.1) is 6.42 Å². The van der Waals surface area contributed by atoms with Crippen molar-refractivity contribution in [3.05, 3.63) is 64.5 Å². The topological polar surface area (TPSA) is 70.8 Å². The van der Waals surface area contributed by atoms with Crippen LogP contribution < -0.4 is 10.5 Å². The molecule has 0 saturated heterocycles. The molecule has 0 unspecified atom stereocenters. The Labute approximate surface area is 151 Å². The molecular weight excluding hydrogens is 330 g/mol. The second-order valence-electron chi connectivity index (χ2n) is 6.53. The van der Waals surface area contributed by atoms with Gasteiger partial charge in [0, 0.05) is 41.9 Å². The molecule has 26 heavy (non-hydrogen) atoms. The summed E-state index contributed by atoms with van der Waals surface area (Å²) in [5.74, 6) is -0.849. The highest BCUT2D eigenvalue weighted by molar-refractivity contribution is 5.95. The van der Waals surface area contributed by atoms with Gasteiger partial charge in [0.1, 0.15) is 5.58 Å². The van der Waals surface area contributed by atoms with Crippen molar-refractivity contribution in [2.45, 2.75) is 26.3 Å². The second-order valence-corrected chi connectivity index (χ2v) is 6.53. The molecule has 5 heteroatoms. The number of nitrogens with zero attached hydrogens (tertiary/aromatic N) is 1. The van der Waals surface area contributed by atoms with Crippen molar-refractivity contribution < 1.29 is 14.3 Å². The van der Waals surface area contributed by atoms with E-state index in [-0.39, 0.29) is 12.5 Å². The van der Waals surface area contributed by atoms with Gasteiger partial charge in [-0.3, -0.25) is 4.79 Å². The van der Waals surface area contributed by atoms with Crippen molar-refractivity contribution in [2.24, 2.45) is 0 Å². The summed E-state index contributed by atoms with van der Waals surface area (Å²) in [7, 11) is 1.83. The lowest BCUT2D eigenvalue weighted by molar-refractivity contribution is -0.137. The normalized spacial score (nSPS) is 12.1. The number of carboxylic acids is 1. The van der Waals surface area contributed by atoms with Gasteiger partial charge in [0.15, 0.2) is 0 Å². The van der Waals surface area contributed by atoms with Crippen LogP contribution in [0.5, 0.6) is 0 Å². The van der Waals surface area contributed by atoms with Gasteiger partial charge >= 0.3 is 11.6 Å². The summed E-state index contributed by atoms with van der Waals surface area (Å²) in [5.41, 5.74) is 3.79. The lowest BCUT2D eigenvalue weighted by Gasteiger charge is -2.26. The van der Waals surface area contributed by atoms with E-state index in [1.54, 1.807) is 6.07 Å². The molecule has 0 bridgehead atoms. The molecule has 0 amide bonds. The fraction of sp³-hybridized carbons (Fsp3) is 0.238. The maximum absolute atomic E-state index is 12.1. The van der Waals surface area contributed by atoms with Crippen molar-refractivity contribution in [1.29, 1.82) is 0 Å². The number of hydrogen-bond acceptors (Lipinski definition) is 4. The van der Waals surface area contributed by atoms with E-state index in [0.717, 1.165) is 27.8 Å². The molecule has 1 heterocycles.